The van der Waals surface area contributed by atoms with Gasteiger partial charge in [-0.2, -0.15) is 10.2 Å². The van der Waals surface area contributed by atoms with Gasteiger partial charge in [-0.15, -0.1) is 0 Å². The molecule has 0 saturated heterocycles. The lowest BCUT2D eigenvalue weighted by Crippen LogP contribution is -2.54. The maximum Gasteiger partial charge on any atom is 0.293 e. The molecule has 8 heteroatoms. The monoisotopic (exact) mass is 361 g/mol. The molecule has 1 aliphatic carbocycles. The third-order valence-electron chi connectivity index (χ3n) is 4.76. The van der Waals surface area contributed by atoms with Crippen molar-refractivity contribution >= 4 is 11.4 Å². The van der Waals surface area contributed by atoms with E-state index in [1.807, 2.05) is 27.7 Å². The number of aromatic nitrogens is 4. The van der Waals surface area contributed by atoms with E-state index in [-0.39, 0.29) is 35.9 Å². The number of nitrogens with one attached hydrogen (secondary N) is 1. The van der Waals surface area contributed by atoms with Crippen LogP contribution in [0.25, 0.3) is 5.52 Å². The summed E-state index contributed by atoms with van der Waals surface area (Å²) in [5.74, 6) is 0.611. The summed E-state index contributed by atoms with van der Waals surface area (Å²) in [6.07, 6.45) is 1.05. The molecule has 142 valence electrons. The number of hydrogen-bond donors (Lipinski definition) is 2. The van der Waals surface area contributed by atoms with Gasteiger partial charge in [-0.25, -0.2) is 9.20 Å². The minimum atomic E-state index is -0.707. The summed E-state index contributed by atoms with van der Waals surface area (Å²) >= 11 is 0. The topological polar surface area (TPSA) is 102 Å². The molecule has 0 radical (unpaired) electrons. The van der Waals surface area contributed by atoms with Crippen molar-refractivity contribution in [2.45, 2.75) is 77.5 Å². The SMILES string of the molecule is CC(C)c1cc2c(=O)n(CC(=O)N[C@H]3C[C@@](C)(O)C3)nc(C(C)C)n2n1. The maximum atomic E-state index is 12.8. The first-order valence-electron chi connectivity index (χ1n) is 9.10. The lowest BCUT2D eigenvalue weighted by Gasteiger charge is -2.41. The van der Waals surface area contributed by atoms with Gasteiger partial charge < -0.3 is 10.4 Å². The van der Waals surface area contributed by atoms with E-state index in [9.17, 15) is 14.7 Å². The van der Waals surface area contributed by atoms with Crippen LogP contribution in [0.2, 0.25) is 0 Å². The molecule has 0 atom stereocenters. The van der Waals surface area contributed by atoms with E-state index in [2.05, 4.69) is 15.5 Å². The molecule has 2 aromatic rings. The van der Waals surface area contributed by atoms with Crippen molar-refractivity contribution in [3.05, 3.63) is 27.9 Å². The Morgan fingerprint density at radius 2 is 1.96 bits per heavy atom. The zero-order valence-corrected chi connectivity index (χ0v) is 16.0. The zero-order chi connectivity index (χ0) is 19.2. The Balaban J connectivity index is 1.89. The molecule has 1 fully saturated rings. The molecule has 3 rings (SSSR count). The highest BCUT2D eigenvalue weighted by molar-refractivity contribution is 5.76. The highest BCUT2D eigenvalue weighted by Gasteiger charge is 2.39. The molecule has 2 heterocycles. The van der Waals surface area contributed by atoms with Crippen molar-refractivity contribution in [2.75, 3.05) is 0 Å². The Morgan fingerprint density at radius 3 is 2.50 bits per heavy atom. The normalized spacial score (nSPS) is 22.8. The fourth-order valence-electron chi connectivity index (χ4n) is 3.33. The van der Waals surface area contributed by atoms with E-state index in [4.69, 9.17) is 0 Å². The van der Waals surface area contributed by atoms with Crippen LogP contribution in [0.4, 0.5) is 0 Å². The van der Waals surface area contributed by atoms with Crippen molar-refractivity contribution in [1.82, 2.24) is 24.7 Å². The number of nitrogens with zero attached hydrogens (tertiary/aromatic N) is 4. The third-order valence-corrected chi connectivity index (χ3v) is 4.76. The van der Waals surface area contributed by atoms with Gasteiger partial charge in [0, 0.05) is 12.0 Å². The second kappa shape index (κ2) is 6.50. The number of amides is 1. The quantitative estimate of drug-likeness (QED) is 0.832. The third kappa shape index (κ3) is 3.51. The van der Waals surface area contributed by atoms with Gasteiger partial charge in [-0.1, -0.05) is 27.7 Å². The molecule has 2 N–H and O–H groups in total. The highest BCUT2D eigenvalue weighted by Crippen LogP contribution is 2.31. The summed E-state index contributed by atoms with van der Waals surface area (Å²) in [5.41, 5.74) is 0.225. The molecular formula is C18H27N5O3. The van der Waals surface area contributed by atoms with Gasteiger partial charge in [0.15, 0.2) is 5.82 Å². The highest BCUT2D eigenvalue weighted by atomic mass is 16.3. The van der Waals surface area contributed by atoms with Gasteiger partial charge in [0.1, 0.15) is 12.1 Å². The number of rotatable bonds is 5. The Hall–Kier alpha value is -2.22. The minimum Gasteiger partial charge on any atom is -0.390 e. The summed E-state index contributed by atoms with van der Waals surface area (Å²) in [4.78, 5) is 25.1. The Bertz CT molecular complexity index is 886. The molecule has 26 heavy (non-hydrogen) atoms. The smallest absolute Gasteiger partial charge is 0.293 e. The van der Waals surface area contributed by atoms with Crippen LogP contribution in [0, 0.1) is 0 Å². The maximum absolute atomic E-state index is 12.8. The van der Waals surface area contributed by atoms with Crippen LogP contribution >= 0.6 is 0 Å². The molecule has 1 aliphatic rings. The van der Waals surface area contributed by atoms with E-state index in [0.29, 0.717) is 24.2 Å². The minimum absolute atomic E-state index is 0.0500. The molecule has 1 amide bonds. The van der Waals surface area contributed by atoms with Gasteiger partial charge in [0.05, 0.1) is 11.3 Å². The molecule has 8 nitrogen and oxygen atoms in total. The second-order valence-electron chi connectivity index (χ2n) is 8.17. The molecule has 2 aromatic heterocycles. The van der Waals surface area contributed by atoms with Crippen LogP contribution in [0.1, 0.15) is 70.8 Å². The number of fused-ring (bicyclic) bond motifs is 1. The standard InChI is InChI=1S/C18H27N5O3/c1-10(2)13-6-14-17(25)22(21-16(11(3)4)23(14)20-13)9-15(24)19-12-7-18(5,26)8-12/h6,10-12,26H,7-9H2,1-5H3,(H,19,24)/t12-,18+. The lowest BCUT2D eigenvalue weighted by molar-refractivity contribution is -0.125. The molecule has 0 spiro atoms. The molecule has 0 bridgehead atoms. The largest absolute Gasteiger partial charge is 0.390 e. The van der Waals surface area contributed by atoms with Gasteiger partial charge in [0.25, 0.3) is 5.56 Å². The number of carbonyl (C=O) groups excluding carboxylic acids is 1. The van der Waals surface area contributed by atoms with Gasteiger partial charge in [-0.3, -0.25) is 9.59 Å². The summed E-state index contributed by atoms with van der Waals surface area (Å²) in [5, 5.41) is 21.5. The van der Waals surface area contributed by atoms with Crippen LogP contribution in [-0.4, -0.2) is 42.1 Å². The Kier molecular flexibility index (Phi) is 4.64. The number of aliphatic hydroxyl groups is 1. The molecule has 0 aromatic carbocycles. The zero-order valence-electron chi connectivity index (χ0n) is 16.0. The second-order valence-corrected chi connectivity index (χ2v) is 8.17. The van der Waals surface area contributed by atoms with E-state index >= 15 is 0 Å². The van der Waals surface area contributed by atoms with Crippen LogP contribution in [0.3, 0.4) is 0 Å². The van der Waals surface area contributed by atoms with E-state index in [1.54, 1.807) is 17.5 Å². The molecular weight excluding hydrogens is 334 g/mol. The lowest BCUT2D eigenvalue weighted by atomic mass is 9.77. The molecule has 0 unspecified atom stereocenters. The fourth-order valence-corrected chi connectivity index (χ4v) is 3.33. The molecule has 0 aliphatic heterocycles. The summed E-state index contributed by atoms with van der Waals surface area (Å²) in [7, 11) is 0. The average Bonchev–Trinajstić information content (AvgIpc) is 2.93. The summed E-state index contributed by atoms with van der Waals surface area (Å²) in [6.45, 7) is 9.59. The van der Waals surface area contributed by atoms with E-state index in [1.165, 1.54) is 4.68 Å². The fraction of sp³-hybridized carbons (Fsp3) is 0.667. The van der Waals surface area contributed by atoms with Crippen molar-refractivity contribution in [2.24, 2.45) is 0 Å². The van der Waals surface area contributed by atoms with Crippen LogP contribution in [-0.2, 0) is 11.3 Å². The predicted octanol–water partition coefficient (Wildman–Crippen LogP) is 1.17. The van der Waals surface area contributed by atoms with Crippen LogP contribution in [0.15, 0.2) is 10.9 Å². The van der Waals surface area contributed by atoms with Gasteiger partial charge in [0.2, 0.25) is 5.91 Å². The van der Waals surface area contributed by atoms with Crippen LogP contribution < -0.4 is 10.9 Å². The summed E-state index contributed by atoms with van der Waals surface area (Å²) < 4.78 is 2.81. The first-order valence-corrected chi connectivity index (χ1v) is 9.10. The van der Waals surface area contributed by atoms with E-state index in [0.717, 1.165) is 5.69 Å². The Labute approximate surface area is 152 Å². The summed E-state index contributed by atoms with van der Waals surface area (Å²) in [6, 6.07) is 1.72. The first kappa shape index (κ1) is 18.6. The van der Waals surface area contributed by atoms with Crippen molar-refractivity contribution in [1.29, 1.82) is 0 Å². The number of carbonyl (C=O) groups is 1. The van der Waals surface area contributed by atoms with Gasteiger partial charge in [-0.05, 0) is 31.7 Å². The predicted molar refractivity (Wildman–Crippen MR) is 97.2 cm³/mol. The van der Waals surface area contributed by atoms with Gasteiger partial charge >= 0.3 is 0 Å². The van der Waals surface area contributed by atoms with Crippen molar-refractivity contribution in [3.63, 3.8) is 0 Å². The van der Waals surface area contributed by atoms with Crippen molar-refractivity contribution in [3.8, 4) is 0 Å². The first-order chi connectivity index (χ1) is 12.1. The average molecular weight is 361 g/mol. The van der Waals surface area contributed by atoms with Crippen molar-refractivity contribution < 1.29 is 9.90 Å². The Morgan fingerprint density at radius 1 is 1.31 bits per heavy atom. The number of hydrogen-bond acceptors (Lipinski definition) is 5. The van der Waals surface area contributed by atoms with Crippen LogP contribution in [0.5, 0.6) is 0 Å². The van der Waals surface area contributed by atoms with E-state index < -0.39 is 5.60 Å². The molecule has 1 saturated carbocycles.